The van der Waals surface area contributed by atoms with Gasteiger partial charge in [0.25, 0.3) is 0 Å². The summed E-state index contributed by atoms with van der Waals surface area (Å²) >= 11 is 6.76. The number of ether oxygens (including phenoxy) is 1. The lowest BCUT2D eigenvalue weighted by atomic mass is 9.99. The highest BCUT2D eigenvalue weighted by Gasteiger charge is 2.52. The number of nitrogens with zero attached hydrogens (tertiary/aromatic N) is 5. The molecule has 3 aromatic carbocycles. The molecule has 3 aliphatic rings. The molecule has 11 heteroatoms. The van der Waals surface area contributed by atoms with E-state index in [1.54, 1.807) is 16.0 Å². The minimum absolute atomic E-state index is 0.0279. The summed E-state index contributed by atoms with van der Waals surface area (Å²) in [4.78, 5) is 47.4. The topological polar surface area (TPSA) is 88.7 Å². The Morgan fingerprint density at radius 2 is 1.67 bits per heavy atom. The van der Waals surface area contributed by atoms with Gasteiger partial charge in [-0.25, -0.2) is 4.79 Å². The van der Waals surface area contributed by atoms with Gasteiger partial charge in [-0.2, -0.15) is 5.01 Å². The van der Waals surface area contributed by atoms with Gasteiger partial charge in [0.15, 0.2) is 0 Å². The van der Waals surface area contributed by atoms with Crippen molar-refractivity contribution in [2.75, 3.05) is 50.8 Å². The van der Waals surface area contributed by atoms with E-state index >= 15 is 0 Å². The first-order chi connectivity index (χ1) is 22.4. The Labute approximate surface area is 274 Å². The Kier molecular flexibility index (Phi) is 9.87. The number of halogens is 1. The molecule has 1 N–H and O–H groups in total. The summed E-state index contributed by atoms with van der Waals surface area (Å²) in [5.74, 6) is -0.326. The van der Waals surface area contributed by atoms with Crippen molar-refractivity contribution in [2.45, 2.75) is 31.7 Å². The molecule has 0 saturated carbocycles. The van der Waals surface area contributed by atoms with Crippen molar-refractivity contribution in [1.82, 2.24) is 25.1 Å². The summed E-state index contributed by atoms with van der Waals surface area (Å²) in [6.45, 7) is 7.53. The zero-order chi connectivity index (χ0) is 32.0. The van der Waals surface area contributed by atoms with Crippen LogP contribution in [-0.2, 0) is 33.8 Å². The SMILES string of the molecule is C=CCN(C(=O)NCc1ccccc1)N1CC(=O)N2C(Cc3ccccc3)C(=O)N(Cc3cccc(Cl)c3N3CCOCC3)C[C@@H]21. The lowest BCUT2D eigenvalue weighted by molar-refractivity contribution is -0.157. The van der Waals surface area contributed by atoms with Gasteiger partial charge >= 0.3 is 6.03 Å². The molecule has 3 heterocycles. The fraction of sp³-hybridized carbons (Fsp3) is 0.343. The summed E-state index contributed by atoms with van der Waals surface area (Å²) in [7, 11) is 0. The zero-order valence-electron chi connectivity index (χ0n) is 25.8. The minimum Gasteiger partial charge on any atom is -0.378 e. The van der Waals surface area contributed by atoms with Crippen LogP contribution in [0.2, 0.25) is 5.02 Å². The molecule has 0 radical (unpaired) electrons. The van der Waals surface area contributed by atoms with Crippen LogP contribution in [0.3, 0.4) is 0 Å². The number of fused-ring (bicyclic) bond motifs is 1. The summed E-state index contributed by atoms with van der Waals surface area (Å²) in [5, 5.41) is 6.92. The van der Waals surface area contributed by atoms with E-state index in [1.807, 2.05) is 83.8 Å². The second-order valence-corrected chi connectivity index (χ2v) is 12.1. The van der Waals surface area contributed by atoms with Crippen LogP contribution in [0.1, 0.15) is 16.7 Å². The molecule has 0 spiro atoms. The van der Waals surface area contributed by atoms with Crippen molar-refractivity contribution in [3.8, 4) is 0 Å². The Morgan fingerprint density at radius 1 is 0.978 bits per heavy atom. The van der Waals surface area contributed by atoms with Crippen molar-refractivity contribution in [3.63, 3.8) is 0 Å². The summed E-state index contributed by atoms with van der Waals surface area (Å²) < 4.78 is 5.58. The lowest BCUT2D eigenvalue weighted by Crippen LogP contribution is -2.66. The molecule has 0 aromatic heterocycles. The van der Waals surface area contributed by atoms with Crippen molar-refractivity contribution in [2.24, 2.45) is 0 Å². The number of hydrazine groups is 1. The van der Waals surface area contributed by atoms with Gasteiger partial charge in [-0.1, -0.05) is 90.5 Å². The van der Waals surface area contributed by atoms with Gasteiger partial charge in [0.2, 0.25) is 11.8 Å². The molecule has 0 bridgehead atoms. The Hall–Kier alpha value is -4.38. The number of rotatable bonds is 10. The predicted molar refractivity (Wildman–Crippen MR) is 177 cm³/mol. The quantitative estimate of drug-likeness (QED) is 0.338. The molecule has 3 aromatic rings. The summed E-state index contributed by atoms with van der Waals surface area (Å²) in [6.07, 6.45) is 1.45. The van der Waals surface area contributed by atoms with Crippen LogP contribution in [0.15, 0.2) is 91.5 Å². The van der Waals surface area contributed by atoms with Gasteiger partial charge in [0.05, 0.1) is 43.6 Å². The molecule has 3 aliphatic heterocycles. The Bertz CT molecular complexity index is 1550. The summed E-state index contributed by atoms with van der Waals surface area (Å²) in [6, 6.07) is 24.1. The lowest BCUT2D eigenvalue weighted by Gasteiger charge is -2.46. The highest BCUT2D eigenvalue weighted by atomic mass is 35.5. The maximum atomic E-state index is 14.3. The van der Waals surface area contributed by atoms with Crippen LogP contribution >= 0.6 is 11.6 Å². The number of hydrogen-bond acceptors (Lipinski definition) is 6. The number of nitrogens with one attached hydrogen (secondary N) is 1. The van der Waals surface area contributed by atoms with Gasteiger partial charge in [-0.15, -0.1) is 6.58 Å². The smallest absolute Gasteiger partial charge is 0.332 e. The van der Waals surface area contributed by atoms with Gasteiger partial charge < -0.3 is 24.8 Å². The van der Waals surface area contributed by atoms with E-state index < -0.39 is 12.2 Å². The third-order valence-electron chi connectivity index (χ3n) is 8.73. The Balaban J connectivity index is 1.31. The number of piperazine rings is 1. The number of amides is 4. The van der Waals surface area contributed by atoms with Gasteiger partial charge in [-0.3, -0.25) is 14.6 Å². The first-order valence-electron chi connectivity index (χ1n) is 15.6. The van der Waals surface area contributed by atoms with Crippen molar-refractivity contribution in [1.29, 1.82) is 0 Å². The fourth-order valence-corrected chi connectivity index (χ4v) is 6.87. The molecule has 1 unspecified atom stereocenters. The molecule has 0 aliphatic carbocycles. The van der Waals surface area contributed by atoms with E-state index in [-0.39, 0.29) is 37.5 Å². The van der Waals surface area contributed by atoms with Crippen LogP contribution < -0.4 is 10.2 Å². The van der Waals surface area contributed by atoms with Gasteiger partial charge in [-0.05, 0) is 22.8 Å². The van der Waals surface area contributed by atoms with Crippen LogP contribution in [0.5, 0.6) is 0 Å². The van der Waals surface area contributed by atoms with Crippen molar-refractivity contribution >= 4 is 35.1 Å². The third kappa shape index (κ3) is 6.74. The van der Waals surface area contributed by atoms with Crippen LogP contribution in [-0.4, -0.2) is 95.8 Å². The maximum absolute atomic E-state index is 14.3. The number of para-hydroxylation sites is 1. The van der Waals surface area contributed by atoms with Crippen molar-refractivity contribution < 1.29 is 19.1 Å². The standard InChI is InChI=1S/C35H39ClN6O4/c1-2-16-40(35(45)37-22-27-12-7-4-8-13-27)41-25-32(43)42-30(21-26-10-5-3-6-11-26)34(44)39(24-31(41)42)23-28-14-9-15-29(36)33(28)38-17-19-46-20-18-38/h2-15,30-31H,1,16-25H2,(H,37,45)/t30?,31-/m1/s1. The molecule has 3 saturated heterocycles. The molecule has 4 amide bonds. The van der Waals surface area contributed by atoms with E-state index in [2.05, 4.69) is 16.8 Å². The summed E-state index contributed by atoms with van der Waals surface area (Å²) in [5.41, 5.74) is 3.74. The molecule has 6 rings (SSSR count). The maximum Gasteiger partial charge on any atom is 0.332 e. The second kappa shape index (κ2) is 14.4. The molecular formula is C35H39ClN6O4. The minimum atomic E-state index is -0.734. The number of anilines is 1. The van der Waals surface area contributed by atoms with Crippen LogP contribution in [0.4, 0.5) is 10.5 Å². The molecular weight excluding hydrogens is 604 g/mol. The molecule has 240 valence electrons. The van der Waals surface area contributed by atoms with E-state index in [0.717, 1.165) is 22.4 Å². The third-order valence-corrected chi connectivity index (χ3v) is 9.04. The van der Waals surface area contributed by atoms with Crippen molar-refractivity contribution in [3.05, 3.63) is 113 Å². The highest BCUT2D eigenvalue weighted by Crippen LogP contribution is 2.34. The van der Waals surface area contributed by atoms with Gasteiger partial charge in [0.1, 0.15) is 12.2 Å². The van der Waals surface area contributed by atoms with Crippen LogP contribution in [0, 0.1) is 0 Å². The fourth-order valence-electron chi connectivity index (χ4n) is 6.55. The zero-order valence-corrected chi connectivity index (χ0v) is 26.5. The second-order valence-electron chi connectivity index (χ2n) is 11.7. The normalized spacial score (nSPS) is 20.1. The Morgan fingerprint density at radius 3 is 2.37 bits per heavy atom. The average molecular weight is 643 g/mol. The van der Waals surface area contributed by atoms with E-state index in [1.165, 1.54) is 5.01 Å². The van der Waals surface area contributed by atoms with Gasteiger partial charge in [0, 0.05) is 32.6 Å². The predicted octanol–water partition coefficient (Wildman–Crippen LogP) is 3.91. The molecule has 46 heavy (non-hydrogen) atoms. The van der Waals surface area contributed by atoms with E-state index in [4.69, 9.17) is 16.3 Å². The molecule has 2 atom stereocenters. The number of hydrogen-bond donors (Lipinski definition) is 1. The highest BCUT2D eigenvalue weighted by molar-refractivity contribution is 6.33. The number of morpholine rings is 1. The first-order valence-corrected chi connectivity index (χ1v) is 16.0. The van der Waals surface area contributed by atoms with Crippen LogP contribution in [0.25, 0.3) is 0 Å². The number of benzene rings is 3. The average Bonchev–Trinajstić information content (AvgIpc) is 3.40. The number of carbonyl (C=O) groups is 3. The first kappa shape index (κ1) is 31.6. The largest absolute Gasteiger partial charge is 0.378 e. The number of urea groups is 1. The molecule has 3 fully saturated rings. The van der Waals surface area contributed by atoms with E-state index in [9.17, 15) is 14.4 Å². The van der Waals surface area contributed by atoms with E-state index in [0.29, 0.717) is 50.8 Å². The molecule has 10 nitrogen and oxygen atoms in total. The monoisotopic (exact) mass is 642 g/mol. The number of carbonyl (C=O) groups excluding carboxylic acids is 3.